The normalized spacial score (nSPS) is 10.8. The largest absolute Gasteiger partial charge is 0.494 e. The predicted octanol–water partition coefficient (Wildman–Crippen LogP) is 3.89. The van der Waals surface area contributed by atoms with Gasteiger partial charge < -0.3 is 10.1 Å². The maximum absolute atomic E-state index is 13.7. The third-order valence-corrected chi connectivity index (χ3v) is 5.81. The summed E-state index contributed by atoms with van der Waals surface area (Å²) in [6, 6.07) is 14.1. The second kappa shape index (κ2) is 9.67. The molecule has 8 heteroatoms. The lowest BCUT2D eigenvalue weighted by atomic mass is 10.2. The Bertz CT molecular complexity index is 1090. The summed E-state index contributed by atoms with van der Waals surface area (Å²) in [4.78, 5) is 25.2. The minimum Gasteiger partial charge on any atom is -0.494 e. The van der Waals surface area contributed by atoms with Crippen LogP contribution in [0, 0.1) is 12.7 Å². The molecule has 0 aliphatic carbocycles. The monoisotopic (exact) mass is 429 g/mol. The topological polar surface area (TPSA) is 65.3 Å². The van der Waals surface area contributed by atoms with Gasteiger partial charge in [0.1, 0.15) is 5.69 Å². The van der Waals surface area contributed by atoms with Crippen LogP contribution >= 0.6 is 11.8 Å². The summed E-state index contributed by atoms with van der Waals surface area (Å²) in [5, 5.41) is 2.75. The van der Waals surface area contributed by atoms with Gasteiger partial charge in [-0.05, 0) is 36.8 Å². The minimum absolute atomic E-state index is 0.211. The summed E-state index contributed by atoms with van der Waals surface area (Å²) in [6.45, 7) is 1.80. The molecule has 0 spiro atoms. The molecule has 0 saturated carbocycles. The number of rotatable bonds is 8. The number of amides is 1. The number of halogens is 1. The zero-order valence-electron chi connectivity index (χ0n) is 17.1. The van der Waals surface area contributed by atoms with E-state index in [0.717, 1.165) is 11.3 Å². The molecule has 0 saturated heterocycles. The van der Waals surface area contributed by atoms with Crippen molar-refractivity contribution in [3.05, 3.63) is 76.0 Å². The number of nitrogens with one attached hydrogen (secondary N) is 1. The van der Waals surface area contributed by atoms with Crippen LogP contribution in [-0.2, 0) is 17.6 Å². The van der Waals surface area contributed by atoms with E-state index in [1.165, 1.54) is 29.6 Å². The van der Waals surface area contributed by atoms with Crippen molar-refractivity contribution in [3.63, 3.8) is 0 Å². The summed E-state index contributed by atoms with van der Waals surface area (Å²) in [5.74, 6) is 0.719. The Morgan fingerprint density at radius 1 is 1.20 bits per heavy atom. The number of nitrogens with zero attached hydrogens (tertiary/aromatic N) is 2. The zero-order valence-corrected chi connectivity index (χ0v) is 18.0. The molecule has 3 rings (SSSR count). The lowest BCUT2D eigenvalue weighted by molar-refractivity contribution is -0.115. The second-order valence-electron chi connectivity index (χ2n) is 6.76. The van der Waals surface area contributed by atoms with E-state index >= 15 is 0 Å². The summed E-state index contributed by atoms with van der Waals surface area (Å²) in [5.41, 5.74) is 2.25. The quantitative estimate of drug-likeness (QED) is 0.552. The third kappa shape index (κ3) is 4.76. The molecule has 0 aliphatic heterocycles. The van der Waals surface area contributed by atoms with Gasteiger partial charge in [-0.2, -0.15) is 11.8 Å². The van der Waals surface area contributed by atoms with E-state index < -0.39 is 5.82 Å². The lowest BCUT2D eigenvalue weighted by Gasteiger charge is -2.07. The molecule has 1 amide bonds. The fraction of sp³-hybridized carbons (Fsp3) is 0.273. The third-order valence-electron chi connectivity index (χ3n) is 4.78. The van der Waals surface area contributed by atoms with Gasteiger partial charge in [0.15, 0.2) is 11.6 Å². The molecule has 2 aromatic carbocycles. The molecule has 1 heterocycles. The Hall–Kier alpha value is -3.00. The van der Waals surface area contributed by atoms with Crippen LogP contribution in [0.5, 0.6) is 5.75 Å². The molecular weight excluding hydrogens is 405 g/mol. The van der Waals surface area contributed by atoms with E-state index in [9.17, 15) is 14.0 Å². The molecule has 1 N–H and O–H groups in total. The minimum atomic E-state index is -0.400. The molecule has 0 fully saturated rings. The van der Waals surface area contributed by atoms with Crippen molar-refractivity contribution in [1.29, 1.82) is 0 Å². The van der Waals surface area contributed by atoms with Gasteiger partial charge in [0.25, 0.3) is 5.56 Å². The lowest BCUT2D eigenvalue weighted by Crippen LogP contribution is -2.23. The standard InChI is InChI=1S/C22H24FN3O3S/c1-15-21(22(28)26(25(15)2)17-7-5-4-6-8-17)24-20(27)11-12-30-14-16-9-10-19(29-3)18(23)13-16/h4-10,13H,11-12,14H2,1-3H3,(H,24,27). The zero-order chi connectivity index (χ0) is 21.7. The Labute approximate surface area is 178 Å². The number of methoxy groups -OCH3 is 1. The number of thioether (sulfide) groups is 1. The summed E-state index contributed by atoms with van der Waals surface area (Å²) in [6.07, 6.45) is 0.252. The number of ether oxygens (including phenoxy) is 1. The number of carbonyl (C=O) groups is 1. The number of anilines is 1. The first-order valence-electron chi connectivity index (χ1n) is 9.46. The highest BCUT2D eigenvalue weighted by Crippen LogP contribution is 2.21. The van der Waals surface area contributed by atoms with Crippen LogP contribution in [0.2, 0.25) is 0 Å². The van der Waals surface area contributed by atoms with E-state index in [0.29, 0.717) is 17.2 Å². The van der Waals surface area contributed by atoms with Crippen LogP contribution in [-0.4, -0.2) is 28.1 Å². The summed E-state index contributed by atoms with van der Waals surface area (Å²) < 4.78 is 21.9. The van der Waals surface area contributed by atoms with Gasteiger partial charge in [-0.15, -0.1) is 0 Å². The van der Waals surface area contributed by atoms with Gasteiger partial charge in [-0.25, -0.2) is 9.07 Å². The molecule has 0 unspecified atom stereocenters. The first-order chi connectivity index (χ1) is 14.4. The van der Waals surface area contributed by atoms with Crippen molar-refractivity contribution in [1.82, 2.24) is 9.36 Å². The molecule has 6 nitrogen and oxygen atoms in total. The Kier molecular flexibility index (Phi) is 6.99. The number of benzene rings is 2. The molecular formula is C22H24FN3O3S. The van der Waals surface area contributed by atoms with Gasteiger partial charge >= 0.3 is 0 Å². The SMILES string of the molecule is COc1ccc(CSCCC(=O)Nc2c(C)n(C)n(-c3ccccc3)c2=O)cc1F. The van der Waals surface area contributed by atoms with Crippen LogP contribution in [0.3, 0.4) is 0 Å². The molecule has 0 radical (unpaired) electrons. The number of hydrogen-bond donors (Lipinski definition) is 1. The highest BCUT2D eigenvalue weighted by Gasteiger charge is 2.17. The summed E-state index contributed by atoms with van der Waals surface area (Å²) >= 11 is 1.52. The highest BCUT2D eigenvalue weighted by molar-refractivity contribution is 7.98. The van der Waals surface area contributed by atoms with Crippen molar-refractivity contribution in [2.45, 2.75) is 19.1 Å². The highest BCUT2D eigenvalue weighted by atomic mass is 32.2. The van der Waals surface area contributed by atoms with Gasteiger partial charge in [0, 0.05) is 25.0 Å². The van der Waals surface area contributed by atoms with E-state index in [1.54, 1.807) is 30.8 Å². The number of hydrogen-bond acceptors (Lipinski definition) is 4. The second-order valence-corrected chi connectivity index (χ2v) is 7.86. The Morgan fingerprint density at radius 3 is 2.60 bits per heavy atom. The molecule has 0 bridgehead atoms. The number of aromatic nitrogens is 2. The van der Waals surface area contributed by atoms with Crippen molar-refractivity contribution >= 4 is 23.4 Å². The molecule has 1 aromatic heterocycles. The molecule has 30 heavy (non-hydrogen) atoms. The van der Waals surface area contributed by atoms with Crippen LogP contribution in [0.15, 0.2) is 53.3 Å². The van der Waals surface area contributed by atoms with E-state index in [1.807, 2.05) is 30.3 Å². The summed E-state index contributed by atoms with van der Waals surface area (Å²) in [7, 11) is 3.21. The molecule has 158 valence electrons. The first-order valence-corrected chi connectivity index (χ1v) is 10.6. The van der Waals surface area contributed by atoms with E-state index in [4.69, 9.17) is 4.74 Å². The van der Waals surface area contributed by atoms with Gasteiger partial charge in [-0.3, -0.25) is 14.3 Å². The van der Waals surface area contributed by atoms with Crippen molar-refractivity contribution < 1.29 is 13.9 Å². The molecule has 0 aliphatic rings. The fourth-order valence-corrected chi connectivity index (χ4v) is 3.96. The number of para-hydroxylation sites is 1. The fourth-order valence-electron chi connectivity index (χ4n) is 3.07. The van der Waals surface area contributed by atoms with Gasteiger partial charge in [0.05, 0.1) is 18.5 Å². The van der Waals surface area contributed by atoms with Crippen molar-refractivity contribution in [2.75, 3.05) is 18.2 Å². The van der Waals surface area contributed by atoms with E-state index in [2.05, 4.69) is 5.32 Å². The van der Waals surface area contributed by atoms with Gasteiger partial charge in [-0.1, -0.05) is 24.3 Å². The van der Waals surface area contributed by atoms with Crippen LogP contribution in [0.1, 0.15) is 17.7 Å². The van der Waals surface area contributed by atoms with E-state index in [-0.39, 0.29) is 29.3 Å². The van der Waals surface area contributed by atoms with Crippen LogP contribution < -0.4 is 15.6 Å². The Balaban J connectivity index is 1.58. The van der Waals surface area contributed by atoms with Crippen molar-refractivity contribution in [3.8, 4) is 11.4 Å². The molecule has 3 aromatic rings. The number of carbonyl (C=O) groups excluding carboxylic acids is 1. The smallest absolute Gasteiger partial charge is 0.295 e. The maximum Gasteiger partial charge on any atom is 0.295 e. The average molecular weight is 430 g/mol. The van der Waals surface area contributed by atoms with Crippen LogP contribution in [0.25, 0.3) is 5.69 Å². The Morgan fingerprint density at radius 2 is 1.93 bits per heavy atom. The molecule has 0 atom stereocenters. The van der Waals surface area contributed by atoms with Gasteiger partial charge in [0.2, 0.25) is 5.91 Å². The predicted molar refractivity (Wildman–Crippen MR) is 118 cm³/mol. The van der Waals surface area contributed by atoms with Crippen molar-refractivity contribution in [2.24, 2.45) is 7.05 Å². The van der Waals surface area contributed by atoms with Crippen LogP contribution in [0.4, 0.5) is 10.1 Å². The maximum atomic E-state index is 13.7. The average Bonchev–Trinajstić information content (AvgIpc) is 2.95. The first kappa shape index (κ1) is 21.7.